The van der Waals surface area contributed by atoms with Crippen LogP contribution < -0.4 is 5.73 Å². The lowest BCUT2D eigenvalue weighted by molar-refractivity contribution is 0.734. The third kappa shape index (κ3) is 2.10. The number of nitrogens with zero attached hydrogens (tertiary/aromatic N) is 2. The molecule has 1 aliphatic rings. The number of rotatable bonds is 3. The molecule has 14 heavy (non-hydrogen) atoms. The SMILES string of the molecule is Cc1nc(CC2CC2)ncc1[C@H](C)N. The zero-order chi connectivity index (χ0) is 10.1. The molecule has 1 saturated carbocycles. The number of aryl methyl sites for hydroxylation is 1. The van der Waals surface area contributed by atoms with Gasteiger partial charge >= 0.3 is 0 Å². The van der Waals surface area contributed by atoms with Crippen LogP contribution in [0.4, 0.5) is 0 Å². The van der Waals surface area contributed by atoms with Gasteiger partial charge in [-0.25, -0.2) is 9.97 Å². The van der Waals surface area contributed by atoms with Gasteiger partial charge in [-0.1, -0.05) is 0 Å². The van der Waals surface area contributed by atoms with E-state index in [4.69, 9.17) is 5.73 Å². The number of hydrogen-bond acceptors (Lipinski definition) is 3. The highest BCUT2D eigenvalue weighted by Crippen LogP contribution is 2.31. The predicted octanol–water partition coefficient (Wildman–Crippen LogP) is 1.76. The molecule has 1 aromatic heterocycles. The Bertz CT molecular complexity index is 329. The number of hydrogen-bond donors (Lipinski definition) is 1. The molecule has 76 valence electrons. The Kier molecular flexibility index (Phi) is 2.50. The van der Waals surface area contributed by atoms with Crippen molar-refractivity contribution >= 4 is 0 Å². The molecule has 1 aromatic rings. The summed E-state index contributed by atoms with van der Waals surface area (Å²) in [5, 5.41) is 0. The van der Waals surface area contributed by atoms with Gasteiger partial charge in [-0.05, 0) is 32.6 Å². The van der Waals surface area contributed by atoms with E-state index in [1.54, 1.807) is 0 Å². The zero-order valence-corrected chi connectivity index (χ0v) is 8.83. The van der Waals surface area contributed by atoms with Crippen molar-refractivity contribution in [2.75, 3.05) is 0 Å². The van der Waals surface area contributed by atoms with Crippen molar-refractivity contribution in [1.82, 2.24) is 9.97 Å². The summed E-state index contributed by atoms with van der Waals surface area (Å²) in [6.45, 7) is 3.98. The Morgan fingerprint density at radius 3 is 2.79 bits per heavy atom. The van der Waals surface area contributed by atoms with E-state index in [0.717, 1.165) is 29.4 Å². The molecule has 3 heteroatoms. The summed E-state index contributed by atoms with van der Waals surface area (Å²) >= 11 is 0. The van der Waals surface area contributed by atoms with Crippen molar-refractivity contribution in [2.45, 2.75) is 39.2 Å². The van der Waals surface area contributed by atoms with E-state index < -0.39 is 0 Å². The molecular weight excluding hydrogens is 174 g/mol. The van der Waals surface area contributed by atoms with E-state index in [2.05, 4.69) is 9.97 Å². The quantitative estimate of drug-likeness (QED) is 0.792. The molecule has 0 amide bonds. The molecule has 0 bridgehead atoms. The van der Waals surface area contributed by atoms with Crippen LogP contribution >= 0.6 is 0 Å². The van der Waals surface area contributed by atoms with E-state index in [-0.39, 0.29) is 6.04 Å². The van der Waals surface area contributed by atoms with Crippen LogP contribution in [0.2, 0.25) is 0 Å². The van der Waals surface area contributed by atoms with Crippen molar-refractivity contribution in [1.29, 1.82) is 0 Å². The molecule has 2 N–H and O–H groups in total. The molecule has 1 atom stereocenters. The Morgan fingerprint density at radius 1 is 1.57 bits per heavy atom. The first-order valence-electron chi connectivity index (χ1n) is 5.25. The standard InChI is InChI=1S/C11H17N3/c1-7(12)10-6-13-11(14-8(10)2)5-9-3-4-9/h6-7,9H,3-5,12H2,1-2H3/t7-/m0/s1. The van der Waals surface area contributed by atoms with Crippen molar-refractivity contribution in [3.8, 4) is 0 Å². The van der Waals surface area contributed by atoms with Crippen LogP contribution in [0.1, 0.15) is 42.9 Å². The maximum absolute atomic E-state index is 5.80. The van der Waals surface area contributed by atoms with E-state index in [1.165, 1.54) is 12.8 Å². The Labute approximate surface area is 84.8 Å². The summed E-state index contributed by atoms with van der Waals surface area (Å²) in [5.74, 6) is 1.82. The number of nitrogens with two attached hydrogens (primary N) is 1. The highest BCUT2D eigenvalue weighted by Gasteiger charge is 2.23. The lowest BCUT2D eigenvalue weighted by Crippen LogP contribution is -2.10. The Balaban J connectivity index is 2.16. The highest BCUT2D eigenvalue weighted by molar-refractivity contribution is 5.19. The first-order valence-corrected chi connectivity index (χ1v) is 5.25. The molecule has 1 heterocycles. The summed E-state index contributed by atoms with van der Waals surface area (Å²) in [5.41, 5.74) is 7.89. The Hall–Kier alpha value is -0.960. The van der Waals surface area contributed by atoms with Crippen LogP contribution in [-0.4, -0.2) is 9.97 Å². The minimum atomic E-state index is 0.0324. The topological polar surface area (TPSA) is 51.8 Å². The first kappa shape index (κ1) is 9.59. The maximum Gasteiger partial charge on any atom is 0.128 e. The number of aromatic nitrogens is 2. The van der Waals surface area contributed by atoms with Gasteiger partial charge < -0.3 is 5.73 Å². The van der Waals surface area contributed by atoms with Gasteiger partial charge in [0.05, 0.1) is 0 Å². The summed E-state index contributed by atoms with van der Waals surface area (Å²) in [7, 11) is 0. The lowest BCUT2D eigenvalue weighted by atomic mass is 10.1. The fraction of sp³-hybridized carbons (Fsp3) is 0.636. The van der Waals surface area contributed by atoms with Gasteiger partial charge in [-0.15, -0.1) is 0 Å². The average Bonchev–Trinajstić information content (AvgIpc) is 2.87. The molecular formula is C11H17N3. The van der Waals surface area contributed by atoms with Crippen molar-refractivity contribution in [3.05, 3.63) is 23.3 Å². The van der Waals surface area contributed by atoms with Crippen LogP contribution in [0, 0.1) is 12.8 Å². The van der Waals surface area contributed by atoms with Crippen LogP contribution in [0.25, 0.3) is 0 Å². The van der Waals surface area contributed by atoms with Gasteiger partial charge in [0.25, 0.3) is 0 Å². The highest BCUT2D eigenvalue weighted by atomic mass is 14.9. The van der Waals surface area contributed by atoms with Gasteiger partial charge in [0.1, 0.15) is 5.82 Å². The normalized spacial score (nSPS) is 18.2. The van der Waals surface area contributed by atoms with Crippen LogP contribution in [-0.2, 0) is 6.42 Å². The second-order valence-corrected chi connectivity index (χ2v) is 4.26. The van der Waals surface area contributed by atoms with Gasteiger partial charge in [0.2, 0.25) is 0 Å². The third-order valence-electron chi connectivity index (χ3n) is 2.73. The first-order chi connectivity index (χ1) is 6.66. The van der Waals surface area contributed by atoms with Gasteiger partial charge in [0, 0.05) is 29.9 Å². The molecule has 0 spiro atoms. The average molecular weight is 191 g/mol. The molecule has 0 saturated heterocycles. The van der Waals surface area contributed by atoms with Crippen LogP contribution in [0.3, 0.4) is 0 Å². The summed E-state index contributed by atoms with van der Waals surface area (Å²) in [4.78, 5) is 8.83. The second-order valence-electron chi connectivity index (χ2n) is 4.26. The third-order valence-corrected chi connectivity index (χ3v) is 2.73. The predicted molar refractivity (Wildman–Crippen MR) is 55.8 cm³/mol. The minimum Gasteiger partial charge on any atom is -0.324 e. The maximum atomic E-state index is 5.80. The van der Waals surface area contributed by atoms with E-state index in [9.17, 15) is 0 Å². The largest absolute Gasteiger partial charge is 0.324 e. The Morgan fingerprint density at radius 2 is 2.29 bits per heavy atom. The molecule has 1 fully saturated rings. The van der Waals surface area contributed by atoms with Gasteiger partial charge in [-0.2, -0.15) is 0 Å². The molecule has 2 rings (SSSR count). The molecule has 1 aliphatic carbocycles. The van der Waals surface area contributed by atoms with Gasteiger partial charge in [0.15, 0.2) is 0 Å². The smallest absolute Gasteiger partial charge is 0.128 e. The van der Waals surface area contributed by atoms with Crippen LogP contribution in [0.15, 0.2) is 6.20 Å². The van der Waals surface area contributed by atoms with Crippen molar-refractivity contribution in [2.24, 2.45) is 11.7 Å². The summed E-state index contributed by atoms with van der Waals surface area (Å²) < 4.78 is 0. The molecule has 3 nitrogen and oxygen atoms in total. The minimum absolute atomic E-state index is 0.0324. The summed E-state index contributed by atoms with van der Waals surface area (Å²) in [6.07, 6.45) is 5.61. The summed E-state index contributed by atoms with van der Waals surface area (Å²) in [6, 6.07) is 0.0324. The fourth-order valence-corrected chi connectivity index (χ4v) is 1.65. The van der Waals surface area contributed by atoms with Crippen molar-refractivity contribution < 1.29 is 0 Å². The van der Waals surface area contributed by atoms with Gasteiger partial charge in [-0.3, -0.25) is 0 Å². The monoisotopic (exact) mass is 191 g/mol. The molecule has 0 radical (unpaired) electrons. The zero-order valence-electron chi connectivity index (χ0n) is 8.83. The van der Waals surface area contributed by atoms with Crippen molar-refractivity contribution in [3.63, 3.8) is 0 Å². The van der Waals surface area contributed by atoms with E-state index in [1.807, 2.05) is 20.0 Å². The fourth-order valence-electron chi connectivity index (χ4n) is 1.65. The van der Waals surface area contributed by atoms with E-state index in [0.29, 0.717) is 0 Å². The molecule has 0 unspecified atom stereocenters. The van der Waals surface area contributed by atoms with E-state index >= 15 is 0 Å². The second kappa shape index (κ2) is 3.65. The lowest BCUT2D eigenvalue weighted by Gasteiger charge is -2.09. The molecule has 0 aromatic carbocycles. The molecule has 0 aliphatic heterocycles. The van der Waals surface area contributed by atoms with Crippen LogP contribution in [0.5, 0.6) is 0 Å².